The Bertz CT molecular complexity index is 724. The number of rotatable bonds is 1. The van der Waals surface area contributed by atoms with E-state index >= 15 is 0 Å². The van der Waals surface area contributed by atoms with Gasteiger partial charge in [-0.15, -0.1) is 0 Å². The lowest BCUT2D eigenvalue weighted by molar-refractivity contribution is 0.297. The van der Waals surface area contributed by atoms with Gasteiger partial charge < -0.3 is 15.6 Å². The van der Waals surface area contributed by atoms with Crippen molar-refractivity contribution >= 4 is 22.3 Å². The molecule has 0 spiro atoms. The number of nitrogens with zero attached hydrogens (tertiary/aromatic N) is 2. The number of nitrogens with one attached hydrogen (secondary N) is 1. The Morgan fingerprint density at radius 3 is 2.86 bits per heavy atom. The Labute approximate surface area is 124 Å². The van der Waals surface area contributed by atoms with Crippen molar-refractivity contribution in [3.63, 3.8) is 0 Å². The SMILES string of the molecule is CC1CC(C)C(C)N(c2cc3nc[nH]c(=O)c3cc2N)C1. The Morgan fingerprint density at radius 2 is 2.10 bits per heavy atom. The van der Waals surface area contributed by atoms with Gasteiger partial charge in [0, 0.05) is 12.6 Å². The van der Waals surface area contributed by atoms with E-state index < -0.39 is 0 Å². The van der Waals surface area contributed by atoms with Crippen LogP contribution in [0.2, 0.25) is 0 Å². The maximum atomic E-state index is 11.8. The van der Waals surface area contributed by atoms with Crippen molar-refractivity contribution in [1.82, 2.24) is 9.97 Å². The number of aromatic nitrogens is 2. The molecular formula is C16H22N4O. The van der Waals surface area contributed by atoms with Gasteiger partial charge in [0.25, 0.3) is 5.56 Å². The first-order valence-corrected chi connectivity index (χ1v) is 7.51. The van der Waals surface area contributed by atoms with E-state index in [2.05, 4.69) is 35.6 Å². The third-order valence-corrected chi connectivity index (χ3v) is 4.70. The van der Waals surface area contributed by atoms with Crippen LogP contribution >= 0.6 is 0 Å². The molecule has 1 saturated heterocycles. The van der Waals surface area contributed by atoms with Gasteiger partial charge in [-0.3, -0.25) is 4.79 Å². The van der Waals surface area contributed by atoms with E-state index in [0.29, 0.717) is 34.5 Å². The zero-order valence-corrected chi connectivity index (χ0v) is 12.8. The molecule has 0 bridgehead atoms. The third kappa shape index (κ3) is 2.37. The summed E-state index contributed by atoms with van der Waals surface area (Å²) in [6.07, 6.45) is 2.68. The van der Waals surface area contributed by atoms with Crippen molar-refractivity contribution in [2.45, 2.75) is 33.2 Å². The third-order valence-electron chi connectivity index (χ3n) is 4.70. The smallest absolute Gasteiger partial charge is 0.258 e. The quantitative estimate of drug-likeness (QED) is 0.789. The molecule has 0 aliphatic carbocycles. The first-order valence-electron chi connectivity index (χ1n) is 7.51. The zero-order valence-electron chi connectivity index (χ0n) is 12.8. The summed E-state index contributed by atoms with van der Waals surface area (Å²) >= 11 is 0. The average Bonchev–Trinajstić information content (AvgIpc) is 2.43. The molecule has 1 aromatic carbocycles. The van der Waals surface area contributed by atoms with Crippen LogP contribution in [-0.4, -0.2) is 22.6 Å². The van der Waals surface area contributed by atoms with Crippen LogP contribution in [0.3, 0.4) is 0 Å². The van der Waals surface area contributed by atoms with E-state index in [1.807, 2.05) is 6.07 Å². The summed E-state index contributed by atoms with van der Waals surface area (Å²) in [6.45, 7) is 7.79. The molecule has 3 atom stereocenters. The van der Waals surface area contributed by atoms with Crippen LogP contribution in [0, 0.1) is 11.8 Å². The second kappa shape index (κ2) is 5.06. The van der Waals surface area contributed by atoms with Gasteiger partial charge in [0.15, 0.2) is 0 Å². The summed E-state index contributed by atoms with van der Waals surface area (Å²) in [6, 6.07) is 4.12. The molecule has 0 saturated carbocycles. The Morgan fingerprint density at radius 1 is 1.33 bits per heavy atom. The number of anilines is 2. The summed E-state index contributed by atoms with van der Waals surface area (Å²) in [7, 11) is 0. The lowest BCUT2D eigenvalue weighted by Gasteiger charge is -2.43. The van der Waals surface area contributed by atoms with Gasteiger partial charge in [-0.1, -0.05) is 13.8 Å². The Balaban J connectivity index is 2.11. The van der Waals surface area contributed by atoms with E-state index in [9.17, 15) is 4.79 Å². The normalized spacial score (nSPS) is 26.2. The number of fused-ring (bicyclic) bond motifs is 1. The molecule has 5 nitrogen and oxygen atoms in total. The molecular weight excluding hydrogens is 264 g/mol. The lowest BCUT2D eigenvalue weighted by Crippen LogP contribution is -2.46. The van der Waals surface area contributed by atoms with Crippen molar-refractivity contribution in [2.75, 3.05) is 17.2 Å². The highest BCUT2D eigenvalue weighted by atomic mass is 16.1. The number of benzene rings is 1. The molecule has 1 aromatic heterocycles. The first-order chi connectivity index (χ1) is 9.97. The molecule has 5 heteroatoms. The van der Waals surface area contributed by atoms with Crippen LogP contribution in [0.25, 0.3) is 10.9 Å². The zero-order chi connectivity index (χ0) is 15.1. The highest BCUT2D eigenvalue weighted by molar-refractivity contribution is 5.88. The van der Waals surface area contributed by atoms with Crippen molar-refractivity contribution in [3.05, 3.63) is 28.8 Å². The number of aromatic amines is 1. The number of piperidine rings is 1. The number of nitrogens with two attached hydrogens (primary N) is 1. The molecule has 1 fully saturated rings. The molecule has 1 aliphatic heterocycles. The van der Waals surface area contributed by atoms with Gasteiger partial charge in [-0.05, 0) is 37.3 Å². The molecule has 2 aromatic rings. The average molecular weight is 286 g/mol. The first kappa shape index (κ1) is 13.9. The fourth-order valence-electron chi connectivity index (χ4n) is 3.40. The summed E-state index contributed by atoms with van der Waals surface area (Å²) in [5, 5.41) is 0.546. The summed E-state index contributed by atoms with van der Waals surface area (Å²) in [4.78, 5) is 21.0. The molecule has 0 amide bonds. The molecule has 2 heterocycles. The van der Waals surface area contributed by atoms with Crippen LogP contribution in [0.5, 0.6) is 0 Å². The maximum absolute atomic E-state index is 11.8. The molecule has 3 rings (SSSR count). The summed E-state index contributed by atoms with van der Waals surface area (Å²) in [5.74, 6) is 1.26. The Hall–Kier alpha value is -2.04. The van der Waals surface area contributed by atoms with Gasteiger partial charge in [0.1, 0.15) is 0 Å². The number of hydrogen-bond acceptors (Lipinski definition) is 4. The van der Waals surface area contributed by atoms with Crippen LogP contribution in [-0.2, 0) is 0 Å². The van der Waals surface area contributed by atoms with Crippen LogP contribution in [0.15, 0.2) is 23.3 Å². The Kier molecular flexibility index (Phi) is 3.35. The molecule has 112 valence electrons. The summed E-state index contributed by atoms with van der Waals surface area (Å²) < 4.78 is 0. The summed E-state index contributed by atoms with van der Waals surface area (Å²) in [5.41, 5.74) is 8.41. The topological polar surface area (TPSA) is 75.0 Å². The van der Waals surface area contributed by atoms with Crippen LogP contribution in [0.4, 0.5) is 11.4 Å². The minimum Gasteiger partial charge on any atom is -0.397 e. The maximum Gasteiger partial charge on any atom is 0.258 e. The van der Waals surface area contributed by atoms with Crippen molar-refractivity contribution in [3.8, 4) is 0 Å². The highest BCUT2D eigenvalue weighted by Crippen LogP contribution is 2.35. The molecule has 3 unspecified atom stereocenters. The fraction of sp³-hybridized carbons (Fsp3) is 0.500. The van der Waals surface area contributed by atoms with E-state index in [1.54, 1.807) is 6.07 Å². The number of H-pyrrole nitrogens is 1. The van der Waals surface area contributed by atoms with Crippen molar-refractivity contribution < 1.29 is 0 Å². The predicted octanol–water partition coefficient (Wildman–Crippen LogP) is 2.38. The van der Waals surface area contributed by atoms with E-state index in [0.717, 1.165) is 12.2 Å². The molecule has 1 aliphatic rings. The van der Waals surface area contributed by atoms with Gasteiger partial charge in [0.05, 0.1) is 28.6 Å². The monoisotopic (exact) mass is 286 g/mol. The molecule has 3 N–H and O–H groups in total. The van der Waals surface area contributed by atoms with E-state index in [1.165, 1.54) is 12.7 Å². The number of nitrogen functional groups attached to an aromatic ring is 1. The largest absolute Gasteiger partial charge is 0.397 e. The van der Waals surface area contributed by atoms with Gasteiger partial charge in [0.2, 0.25) is 0 Å². The predicted molar refractivity (Wildman–Crippen MR) is 86.5 cm³/mol. The minimum absolute atomic E-state index is 0.147. The second-order valence-corrected chi connectivity index (χ2v) is 6.37. The van der Waals surface area contributed by atoms with Crippen molar-refractivity contribution in [2.24, 2.45) is 11.8 Å². The fourth-order valence-corrected chi connectivity index (χ4v) is 3.40. The highest BCUT2D eigenvalue weighted by Gasteiger charge is 2.30. The molecule has 21 heavy (non-hydrogen) atoms. The lowest BCUT2D eigenvalue weighted by atomic mass is 9.85. The van der Waals surface area contributed by atoms with E-state index in [-0.39, 0.29) is 5.56 Å². The van der Waals surface area contributed by atoms with Crippen LogP contribution < -0.4 is 16.2 Å². The minimum atomic E-state index is -0.147. The molecule has 0 radical (unpaired) electrons. The second-order valence-electron chi connectivity index (χ2n) is 6.37. The van der Waals surface area contributed by atoms with E-state index in [4.69, 9.17) is 5.73 Å². The van der Waals surface area contributed by atoms with Gasteiger partial charge >= 0.3 is 0 Å². The van der Waals surface area contributed by atoms with Crippen molar-refractivity contribution in [1.29, 1.82) is 0 Å². The van der Waals surface area contributed by atoms with Crippen LogP contribution in [0.1, 0.15) is 27.2 Å². The van der Waals surface area contributed by atoms with Gasteiger partial charge in [-0.25, -0.2) is 4.98 Å². The van der Waals surface area contributed by atoms with Gasteiger partial charge in [-0.2, -0.15) is 0 Å². The standard InChI is InChI=1S/C16H22N4O/c1-9-4-10(2)11(3)20(7-9)15-6-14-12(5-13(15)17)16(21)19-8-18-14/h5-6,8-11H,4,7,17H2,1-3H3,(H,18,19,21). The number of hydrogen-bond donors (Lipinski definition) is 2.